The Balaban J connectivity index is 1.69. The highest BCUT2D eigenvalue weighted by Crippen LogP contribution is 2.37. The smallest absolute Gasteiger partial charge is 0.308 e. The second-order valence-electron chi connectivity index (χ2n) is 6.49. The summed E-state index contributed by atoms with van der Waals surface area (Å²) in [7, 11) is 1.46. The van der Waals surface area contributed by atoms with E-state index < -0.39 is 0 Å². The molecule has 1 aliphatic carbocycles. The Morgan fingerprint density at radius 2 is 2.04 bits per heavy atom. The van der Waals surface area contributed by atoms with Crippen LogP contribution in [0.3, 0.4) is 0 Å². The summed E-state index contributed by atoms with van der Waals surface area (Å²) in [5.41, 5.74) is 7.45. The normalized spacial score (nSPS) is 26.1. The van der Waals surface area contributed by atoms with E-state index in [4.69, 9.17) is 16.9 Å². The maximum atomic E-state index is 11.7. The van der Waals surface area contributed by atoms with Crippen molar-refractivity contribution in [1.82, 2.24) is 9.97 Å². The van der Waals surface area contributed by atoms with Crippen molar-refractivity contribution < 1.29 is 9.53 Å². The number of aromatic nitrogens is 2. The molecule has 1 aromatic heterocycles. The molecule has 0 saturated heterocycles. The molecule has 1 aromatic rings. The van der Waals surface area contributed by atoms with E-state index in [1.54, 1.807) is 0 Å². The fourth-order valence-corrected chi connectivity index (χ4v) is 3.76. The first-order chi connectivity index (χ1) is 11.6. The topological polar surface area (TPSA) is 90.5 Å². The van der Waals surface area contributed by atoms with E-state index in [1.165, 1.54) is 7.11 Å². The Morgan fingerprint density at radius 3 is 2.71 bits per heavy atom. The average Bonchev–Trinajstić information content (AvgIpc) is 2.84. The number of nitrogens with zero attached hydrogens (tertiary/aromatic N) is 3. The molecule has 2 heterocycles. The number of methoxy groups -OCH3 is 1. The number of hydrogen-bond acceptors (Lipinski definition) is 6. The molecular weight excluding hydrogens is 304 g/mol. The molecule has 6 nitrogen and oxygen atoms in total. The molecule has 0 aromatic carbocycles. The average molecular weight is 326 g/mol. The molecule has 0 amide bonds. The highest BCUT2D eigenvalue weighted by atomic mass is 16.5. The number of terminal acetylenes is 1. The molecule has 1 aliphatic heterocycles. The van der Waals surface area contributed by atoms with Gasteiger partial charge in [-0.2, -0.15) is 0 Å². The van der Waals surface area contributed by atoms with Gasteiger partial charge in [-0.1, -0.05) is 0 Å². The minimum atomic E-state index is -0.0831. The van der Waals surface area contributed by atoms with Crippen LogP contribution in [0.1, 0.15) is 43.6 Å². The molecule has 2 aliphatic rings. The van der Waals surface area contributed by atoms with Gasteiger partial charge in [0.2, 0.25) is 5.82 Å². The van der Waals surface area contributed by atoms with E-state index in [1.807, 2.05) is 6.21 Å². The lowest BCUT2D eigenvalue weighted by molar-refractivity contribution is -0.146. The van der Waals surface area contributed by atoms with Gasteiger partial charge in [0.25, 0.3) is 0 Å². The van der Waals surface area contributed by atoms with Crippen LogP contribution in [-0.2, 0) is 16.0 Å². The zero-order chi connectivity index (χ0) is 17.1. The monoisotopic (exact) mass is 326 g/mol. The summed E-state index contributed by atoms with van der Waals surface area (Å²) in [6, 6.07) is 0. The Bertz CT molecular complexity index is 700. The van der Waals surface area contributed by atoms with Gasteiger partial charge in [0, 0.05) is 6.21 Å². The van der Waals surface area contributed by atoms with Crippen molar-refractivity contribution in [2.24, 2.45) is 22.7 Å². The summed E-state index contributed by atoms with van der Waals surface area (Å²) in [5.74, 6) is 3.96. The molecule has 2 N–H and O–H groups in total. The van der Waals surface area contributed by atoms with Crippen molar-refractivity contribution >= 4 is 23.7 Å². The van der Waals surface area contributed by atoms with Crippen molar-refractivity contribution in [3.8, 4) is 12.3 Å². The van der Waals surface area contributed by atoms with Gasteiger partial charge < -0.3 is 10.5 Å². The largest absolute Gasteiger partial charge is 0.469 e. The molecule has 0 radical (unpaired) electrons. The Morgan fingerprint density at radius 1 is 1.29 bits per heavy atom. The molecule has 1 saturated carbocycles. The molecule has 3 rings (SSSR count). The summed E-state index contributed by atoms with van der Waals surface area (Å²) in [5, 5.41) is 0. The van der Waals surface area contributed by atoms with Gasteiger partial charge in [-0.05, 0) is 56.3 Å². The van der Waals surface area contributed by atoms with Crippen LogP contribution in [0, 0.1) is 30.1 Å². The third-order valence-corrected chi connectivity index (χ3v) is 5.13. The number of aliphatic imine (C=N–C) groups is 1. The van der Waals surface area contributed by atoms with E-state index in [0.717, 1.165) is 44.2 Å². The van der Waals surface area contributed by atoms with Crippen LogP contribution in [0.25, 0.3) is 0 Å². The molecule has 0 spiro atoms. The van der Waals surface area contributed by atoms with Crippen molar-refractivity contribution in [3.63, 3.8) is 0 Å². The molecule has 1 unspecified atom stereocenters. The number of carbonyl (C=O) groups is 1. The van der Waals surface area contributed by atoms with Gasteiger partial charge in [0.15, 0.2) is 5.82 Å². The number of anilines is 1. The van der Waals surface area contributed by atoms with Gasteiger partial charge >= 0.3 is 5.97 Å². The lowest BCUT2D eigenvalue weighted by Crippen LogP contribution is -2.27. The Labute approximate surface area is 141 Å². The molecule has 1 fully saturated rings. The molecule has 1 atom stereocenters. The summed E-state index contributed by atoms with van der Waals surface area (Å²) < 4.78 is 4.86. The second-order valence-corrected chi connectivity index (χ2v) is 6.49. The minimum absolute atomic E-state index is 0.0471. The van der Waals surface area contributed by atoms with Crippen LogP contribution < -0.4 is 5.73 Å². The SMILES string of the molecule is C#Cc1nc(N)c2c(n1)CCC([C@H]1CC[C@@H](C(=O)OC)CC1)C=N2. The highest BCUT2D eigenvalue weighted by Gasteiger charge is 2.31. The van der Waals surface area contributed by atoms with Gasteiger partial charge in [-0.3, -0.25) is 9.79 Å². The number of fused-ring (bicyclic) bond motifs is 1. The van der Waals surface area contributed by atoms with Crippen LogP contribution in [0.2, 0.25) is 0 Å². The lowest BCUT2D eigenvalue weighted by Gasteiger charge is -2.30. The minimum Gasteiger partial charge on any atom is -0.469 e. The van der Waals surface area contributed by atoms with Crippen LogP contribution in [-0.4, -0.2) is 29.3 Å². The number of aryl methyl sites for hydroxylation is 1. The first-order valence-corrected chi connectivity index (χ1v) is 8.37. The molecule has 6 heteroatoms. The first-order valence-electron chi connectivity index (χ1n) is 8.37. The lowest BCUT2D eigenvalue weighted by atomic mass is 9.75. The highest BCUT2D eigenvalue weighted by molar-refractivity contribution is 5.74. The standard InChI is InChI=1S/C18H22N4O2/c1-3-15-21-14-9-8-13(10-20-16(14)17(19)22-15)11-4-6-12(7-5-11)18(23)24-2/h1,10-13H,4-9H2,2H3,(H2,19,21,22)/t11-,12+,13?. The van der Waals surface area contributed by atoms with E-state index in [2.05, 4.69) is 20.9 Å². The van der Waals surface area contributed by atoms with Gasteiger partial charge in [0.1, 0.15) is 5.69 Å². The number of ether oxygens (including phenoxy) is 1. The number of nitrogens with two attached hydrogens (primary N) is 1. The summed E-state index contributed by atoms with van der Waals surface area (Å²) in [6.45, 7) is 0. The Kier molecular flexibility index (Phi) is 4.79. The summed E-state index contributed by atoms with van der Waals surface area (Å²) >= 11 is 0. The van der Waals surface area contributed by atoms with E-state index in [-0.39, 0.29) is 11.9 Å². The summed E-state index contributed by atoms with van der Waals surface area (Å²) in [6.07, 6.45) is 12.9. The predicted octanol–water partition coefficient (Wildman–Crippen LogP) is 2.28. The van der Waals surface area contributed by atoms with Crippen molar-refractivity contribution in [2.75, 3.05) is 12.8 Å². The molecular formula is C18H22N4O2. The predicted molar refractivity (Wildman–Crippen MR) is 91.8 cm³/mol. The van der Waals surface area contributed by atoms with Gasteiger partial charge in [-0.15, -0.1) is 6.42 Å². The molecule has 126 valence electrons. The molecule has 24 heavy (non-hydrogen) atoms. The number of hydrogen-bond donors (Lipinski definition) is 1. The summed E-state index contributed by atoms with van der Waals surface area (Å²) in [4.78, 5) is 24.7. The maximum Gasteiger partial charge on any atom is 0.308 e. The molecule has 0 bridgehead atoms. The number of esters is 1. The van der Waals surface area contributed by atoms with Gasteiger partial charge in [-0.25, -0.2) is 9.97 Å². The van der Waals surface area contributed by atoms with Crippen LogP contribution in [0.15, 0.2) is 4.99 Å². The van der Waals surface area contributed by atoms with E-state index >= 15 is 0 Å². The van der Waals surface area contributed by atoms with E-state index in [0.29, 0.717) is 29.2 Å². The zero-order valence-electron chi connectivity index (χ0n) is 13.9. The van der Waals surface area contributed by atoms with Crippen molar-refractivity contribution in [2.45, 2.75) is 38.5 Å². The quantitative estimate of drug-likeness (QED) is 0.665. The zero-order valence-corrected chi connectivity index (χ0v) is 13.9. The van der Waals surface area contributed by atoms with Crippen molar-refractivity contribution in [1.29, 1.82) is 0 Å². The van der Waals surface area contributed by atoms with Crippen LogP contribution in [0.4, 0.5) is 11.5 Å². The number of carbonyl (C=O) groups excluding carboxylic acids is 1. The first kappa shape index (κ1) is 16.4. The maximum absolute atomic E-state index is 11.7. The van der Waals surface area contributed by atoms with Crippen molar-refractivity contribution in [3.05, 3.63) is 11.5 Å². The fourth-order valence-electron chi connectivity index (χ4n) is 3.76. The third kappa shape index (κ3) is 3.25. The number of nitrogen functional groups attached to an aromatic ring is 1. The number of rotatable bonds is 2. The second kappa shape index (κ2) is 7.00. The Hall–Kier alpha value is -2.42. The fraction of sp³-hybridized carbons (Fsp3) is 0.556. The third-order valence-electron chi connectivity index (χ3n) is 5.13. The van der Waals surface area contributed by atoms with Crippen LogP contribution >= 0.6 is 0 Å². The van der Waals surface area contributed by atoms with E-state index in [9.17, 15) is 4.79 Å². The van der Waals surface area contributed by atoms with Gasteiger partial charge in [0.05, 0.1) is 18.7 Å². The van der Waals surface area contributed by atoms with Crippen LogP contribution in [0.5, 0.6) is 0 Å².